The summed E-state index contributed by atoms with van der Waals surface area (Å²) in [6.45, 7) is 7.50. The van der Waals surface area contributed by atoms with E-state index in [0.29, 0.717) is 18.5 Å². The average molecular weight is 323 g/mol. The zero-order valence-electron chi connectivity index (χ0n) is 14.4. The van der Waals surface area contributed by atoms with Crippen LogP contribution < -0.4 is 0 Å². The van der Waals surface area contributed by atoms with Gasteiger partial charge in [-0.05, 0) is 74.6 Å². The number of aromatic nitrogens is 3. The summed E-state index contributed by atoms with van der Waals surface area (Å²) in [7, 11) is 0. The second-order valence-electron chi connectivity index (χ2n) is 6.40. The molecule has 124 valence electrons. The highest BCUT2D eigenvalue weighted by molar-refractivity contribution is 5.76. The van der Waals surface area contributed by atoms with Crippen molar-refractivity contribution in [1.82, 2.24) is 15.0 Å². The van der Waals surface area contributed by atoms with E-state index in [1.54, 1.807) is 6.92 Å². The summed E-state index contributed by atoms with van der Waals surface area (Å²) in [4.78, 5) is 12.7. The second-order valence-corrected chi connectivity index (χ2v) is 6.40. The van der Waals surface area contributed by atoms with E-state index >= 15 is 0 Å². The first-order valence-electron chi connectivity index (χ1n) is 8.02. The summed E-state index contributed by atoms with van der Waals surface area (Å²) < 4.78 is 0. The van der Waals surface area contributed by atoms with Gasteiger partial charge in [-0.25, -0.2) is 0 Å². The molecule has 5 heteroatoms. The van der Waals surface area contributed by atoms with Crippen LogP contribution in [0.15, 0.2) is 24.3 Å². The van der Waals surface area contributed by atoms with Gasteiger partial charge in [-0.2, -0.15) is 0 Å². The molecule has 1 heterocycles. The van der Waals surface area contributed by atoms with E-state index in [4.69, 9.17) is 0 Å². The molecule has 3 rings (SSSR count). The lowest BCUT2D eigenvalue weighted by atomic mass is 10.0. The molecular formula is C19H21N3O2. The number of Topliss-reactive ketones (excluding diaryl/α,β-unsaturated/α-hetero) is 1. The number of ketones is 1. The first kappa shape index (κ1) is 16.2. The van der Waals surface area contributed by atoms with Gasteiger partial charge in [0.1, 0.15) is 28.3 Å². The topological polar surface area (TPSA) is 68.0 Å². The number of phenols is 1. The standard InChI is InChI=1S/C19H21N3O2/c1-11-8-16-17(9-12(11)2)21-22(20-16)18-10-15(6-5-14(4)23)7-13(3)19(18)24/h7-10,24H,5-6H2,1-4H3. The molecule has 0 spiro atoms. The summed E-state index contributed by atoms with van der Waals surface area (Å²) in [5.74, 6) is 0.312. The number of hydrogen-bond acceptors (Lipinski definition) is 4. The van der Waals surface area contributed by atoms with E-state index in [0.717, 1.165) is 33.3 Å². The zero-order valence-corrected chi connectivity index (χ0v) is 14.4. The maximum atomic E-state index is 11.2. The normalized spacial score (nSPS) is 11.2. The summed E-state index contributed by atoms with van der Waals surface area (Å²) in [5.41, 5.74) is 6.19. The molecule has 0 radical (unpaired) electrons. The lowest BCUT2D eigenvalue weighted by Crippen LogP contribution is -2.02. The van der Waals surface area contributed by atoms with Crippen LogP contribution in [0.4, 0.5) is 0 Å². The third kappa shape index (κ3) is 3.02. The third-order valence-corrected chi connectivity index (χ3v) is 4.32. The molecular weight excluding hydrogens is 302 g/mol. The lowest BCUT2D eigenvalue weighted by Gasteiger charge is -2.09. The zero-order chi connectivity index (χ0) is 17.4. The first-order valence-corrected chi connectivity index (χ1v) is 8.02. The molecule has 0 bridgehead atoms. The molecule has 5 nitrogen and oxygen atoms in total. The number of nitrogens with zero attached hydrogens (tertiary/aromatic N) is 3. The Balaban J connectivity index is 2.09. The number of carbonyl (C=O) groups is 1. The van der Waals surface area contributed by atoms with Crippen molar-refractivity contribution < 1.29 is 9.90 Å². The monoisotopic (exact) mass is 323 g/mol. The average Bonchev–Trinajstić information content (AvgIpc) is 2.91. The van der Waals surface area contributed by atoms with Crippen molar-refractivity contribution >= 4 is 16.8 Å². The highest BCUT2D eigenvalue weighted by Gasteiger charge is 2.13. The van der Waals surface area contributed by atoms with Crippen molar-refractivity contribution in [2.45, 2.75) is 40.5 Å². The number of aromatic hydroxyl groups is 1. The Kier molecular flexibility index (Phi) is 4.09. The maximum Gasteiger partial charge on any atom is 0.146 e. The highest BCUT2D eigenvalue weighted by Crippen LogP contribution is 2.28. The molecule has 1 N–H and O–H groups in total. The van der Waals surface area contributed by atoms with Gasteiger partial charge in [0.15, 0.2) is 0 Å². The van der Waals surface area contributed by atoms with Gasteiger partial charge in [0.05, 0.1) is 0 Å². The number of benzene rings is 2. The fourth-order valence-corrected chi connectivity index (χ4v) is 2.73. The van der Waals surface area contributed by atoms with Crippen LogP contribution in [-0.2, 0) is 11.2 Å². The molecule has 0 atom stereocenters. The van der Waals surface area contributed by atoms with Crippen molar-refractivity contribution in [2.24, 2.45) is 0 Å². The van der Waals surface area contributed by atoms with Crippen LogP contribution in [0.2, 0.25) is 0 Å². The number of carbonyl (C=O) groups excluding carboxylic acids is 1. The van der Waals surface area contributed by atoms with Gasteiger partial charge in [0, 0.05) is 6.42 Å². The van der Waals surface area contributed by atoms with Crippen molar-refractivity contribution in [1.29, 1.82) is 0 Å². The van der Waals surface area contributed by atoms with Gasteiger partial charge in [0.2, 0.25) is 0 Å². The molecule has 3 aromatic rings. The predicted octanol–water partition coefficient (Wildman–Crippen LogP) is 3.57. The number of aryl methyl sites for hydroxylation is 4. The van der Waals surface area contributed by atoms with Gasteiger partial charge in [-0.3, -0.25) is 0 Å². The predicted molar refractivity (Wildman–Crippen MR) is 93.7 cm³/mol. The van der Waals surface area contributed by atoms with Gasteiger partial charge in [-0.1, -0.05) is 6.07 Å². The van der Waals surface area contributed by atoms with Gasteiger partial charge >= 0.3 is 0 Å². The Hall–Kier alpha value is -2.69. The minimum Gasteiger partial charge on any atom is -0.505 e. The van der Waals surface area contributed by atoms with Crippen LogP contribution >= 0.6 is 0 Å². The van der Waals surface area contributed by atoms with Crippen molar-refractivity contribution in [2.75, 3.05) is 0 Å². The Morgan fingerprint density at radius 2 is 1.58 bits per heavy atom. The molecule has 0 aliphatic rings. The first-order chi connectivity index (χ1) is 11.3. The van der Waals surface area contributed by atoms with E-state index < -0.39 is 0 Å². The molecule has 0 unspecified atom stereocenters. The molecule has 24 heavy (non-hydrogen) atoms. The molecule has 0 saturated heterocycles. The van der Waals surface area contributed by atoms with Gasteiger partial charge in [0.25, 0.3) is 0 Å². The van der Waals surface area contributed by atoms with Crippen molar-refractivity contribution in [3.05, 3.63) is 46.5 Å². The highest BCUT2D eigenvalue weighted by atomic mass is 16.3. The molecule has 1 aromatic heterocycles. The Labute approximate surface area is 140 Å². The number of hydrogen-bond donors (Lipinski definition) is 1. The minimum absolute atomic E-state index is 0.149. The van der Waals surface area contributed by atoms with Crippen LogP contribution in [-0.4, -0.2) is 25.9 Å². The smallest absolute Gasteiger partial charge is 0.146 e. The molecule has 2 aromatic carbocycles. The van der Waals surface area contributed by atoms with E-state index in [1.165, 1.54) is 4.80 Å². The van der Waals surface area contributed by atoms with E-state index in [9.17, 15) is 9.90 Å². The van der Waals surface area contributed by atoms with Crippen LogP contribution in [0.3, 0.4) is 0 Å². The Morgan fingerprint density at radius 1 is 1.00 bits per heavy atom. The third-order valence-electron chi connectivity index (χ3n) is 4.32. The minimum atomic E-state index is 0.149. The largest absolute Gasteiger partial charge is 0.505 e. The number of phenolic OH excluding ortho intramolecular Hbond substituents is 1. The fourth-order valence-electron chi connectivity index (χ4n) is 2.73. The molecule has 0 amide bonds. The van der Waals surface area contributed by atoms with E-state index in [1.807, 2.05) is 45.0 Å². The Morgan fingerprint density at radius 3 is 2.12 bits per heavy atom. The van der Waals surface area contributed by atoms with Crippen LogP contribution in [0.1, 0.15) is 35.6 Å². The summed E-state index contributed by atoms with van der Waals surface area (Å²) in [6.07, 6.45) is 1.12. The molecule has 0 fully saturated rings. The molecule has 0 aliphatic heterocycles. The summed E-state index contributed by atoms with van der Waals surface area (Å²) in [6, 6.07) is 7.75. The van der Waals surface area contributed by atoms with Gasteiger partial charge in [-0.15, -0.1) is 15.0 Å². The maximum absolute atomic E-state index is 11.2. The van der Waals surface area contributed by atoms with E-state index in [2.05, 4.69) is 10.2 Å². The van der Waals surface area contributed by atoms with Crippen molar-refractivity contribution in [3.8, 4) is 11.4 Å². The van der Waals surface area contributed by atoms with Crippen LogP contribution in [0, 0.1) is 20.8 Å². The SMILES string of the molecule is CC(=O)CCc1cc(C)c(O)c(-n2nc3cc(C)c(C)cc3n2)c1. The van der Waals surface area contributed by atoms with Crippen LogP contribution in [0.25, 0.3) is 16.7 Å². The Bertz CT molecular complexity index is 902. The fraction of sp³-hybridized carbons (Fsp3) is 0.316. The quantitative estimate of drug-likeness (QED) is 0.797. The summed E-state index contributed by atoms with van der Waals surface area (Å²) >= 11 is 0. The van der Waals surface area contributed by atoms with E-state index in [-0.39, 0.29) is 11.5 Å². The molecule has 0 aliphatic carbocycles. The number of fused-ring (bicyclic) bond motifs is 1. The van der Waals surface area contributed by atoms with Crippen molar-refractivity contribution in [3.63, 3.8) is 0 Å². The lowest BCUT2D eigenvalue weighted by molar-refractivity contribution is -0.116. The van der Waals surface area contributed by atoms with Gasteiger partial charge < -0.3 is 9.90 Å². The van der Waals surface area contributed by atoms with Crippen LogP contribution in [0.5, 0.6) is 5.75 Å². The second kappa shape index (κ2) is 6.07. The summed E-state index contributed by atoms with van der Waals surface area (Å²) in [5, 5.41) is 19.4. The number of rotatable bonds is 4. The molecule has 0 saturated carbocycles.